The summed E-state index contributed by atoms with van der Waals surface area (Å²) in [6.07, 6.45) is 4.97. The van der Waals surface area contributed by atoms with Crippen LogP contribution in [-0.2, 0) is 0 Å². The number of benzene rings is 2. The zero-order valence-electron chi connectivity index (χ0n) is 17.6. The topological polar surface area (TPSA) is 41.1 Å². The molecule has 0 bridgehead atoms. The summed E-state index contributed by atoms with van der Waals surface area (Å²) in [5, 5.41) is 0.659. The lowest BCUT2D eigenvalue weighted by atomic mass is 9.93. The molecule has 0 spiro atoms. The van der Waals surface area contributed by atoms with Crippen LogP contribution in [0, 0.1) is 19.8 Å². The number of nitrogens with one attached hydrogen (secondary N) is 1. The average molecular weight is 412 g/mol. The Kier molecular flexibility index (Phi) is 6.12. The van der Waals surface area contributed by atoms with Gasteiger partial charge in [-0.3, -0.25) is 0 Å². The number of halogens is 1. The molecule has 0 amide bonds. The number of nitrogens with zero attached hydrogens (tertiary/aromatic N) is 2. The number of fused-ring (bicyclic) bond motifs is 1. The number of hydrogen-bond donors (Lipinski definition) is 1. The molecule has 0 radical (unpaired) electrons. The van der Waals surface area contributed by atoms with Crippen LogP contribution in [-0.4, -0.2) is 41.6 Å². The van der Waals surface area contributed by atoms with Gasteiger partial charge < -0.3 is 14.6 Å². The molecule has 154 valence electrons. The Bertz CT molecular complexity index is 989. The van der Waals surface area contributed by atoms with E-state index in [4.69, 9.17) is 21.3 Å². The molecule has 2 aromatic carbocycles. The second kappa shape index (κ2) is 8.76. The van der Waals surface area contributed by atoms with Crippen LogP contribution in [0.3, 0.4) is 0 Å². The Balaban J connectivity index is 1.37. The Morgan fingerprint density at radius 1 is 1.17 bits per heavy atom. The molecule has 1 saturated heterocycles. The molecule has 2 heterocycles. The average Bonchev–Trinajstić information content (AvgIpc) is 3.11. The maximum absolute atomic E-state index is 6.57. The van der Waals surface area contributed by atoms with Crippen molar-refractivity contribution in [3.63, 3.8) is 0 Å². The van der Waals surface area contributed by atoms with E-state index in [1.165, 1.54) is 43.5 Å². The highest BCUT2D eigenvalue weighted by molar-refractivity contribution is 6.33. The van der Waals surface area contributed by atoms with Gasteiger partial charge in [-0.05, 0) is 101 Å². The van der Waals surface area contributed by atoms with Crippen LogP contribution >= 0.6 is 11.6 Å². The summed E-state index contributed by atoms with van der Waals surface area (Å²) in [5.74, 6) is 2.47. The Hall–Kier alpha value is -2.04. The standard InChI is InChI=1S/C24H30ClN3O/c1-16-13-17(2)23-22(14-16)26-24(27-23)20-7-6-19(15-21(20)25)29-12-4-5-18-8-10-28(3)11-9-18/h6-7,13-15,18H,4-5,8-12H2,1-3H3,(H,26,27). The second-order valence-electron chi connectivity index (χ2n) is 8.44. The van der Waals surface area contributed by atoms with Crippen LogP contribution in [0.1, 0.15) is 36.8 Å². The summed E-state index contributed by atoms with van der Waals surface area (Å²) in [6.45, 7) is 7.38. The molecule has 1 aliphatic heterocycles. The van der Waals surface area contributed by atoms with Gasteiger partial charge in [0.25, 0.3) is 0 Å². The van der Waals surface area contributed by atoms with Gasteiger partial charge in [0.1, 0.15) is 11.6 Å². The van der Waals surface area contributed by atoms with Gasteiger partial charge in [0.15, 0.2) is 0 Å². The Morgan fingerprint density at radius 2 is 1.97 bits per heavy atom. The maximum Gasteiger partial charge on any atom is 0.140 e. The minimum absolute atomic E-state index is 0.659. The summed E-state index contributed by atoms with van der Waals surface area (Å²) >= 11 is 6.57. The van der Waals surface area contributed by atoms with Crippen molar-refractivity contribution >= 4 is 22.6 Å². The van der Waals surface area contributed by atoms with Gasteiger partial charge in [0, 0.05) is 5.56 Å². The van der Waals surface area contributed by atoms with Crippen molar-refractivity contribution < 1.29 is 4.74 Å². The molecule has 0 saturated carbocycles. The largest absolute Gasteiger partial charge is 0.494 e. The minimum atomic E-state index is 0.659. The van der Waals surface area contributed by atoms with E-state index in [1.54, 1.807) is 0 Å². The van der Waals surface area contributed by atoms with E-state index in [-0.39, 0.29) is 0 Å². The van der Waals surface area contributed by atoms with Gasteiger partial charge in [0.2, 0.25) is 0 Å². The fourth-order valence-electron chi connectivity index (χ4n) is 4.29. The summed E-state index contributed by atoms with van der Waals surface area (Å²) in [5.41, 5.74) is 5.33. The highest BCUT2D eigenvalue weighted by atomic mass is 35.5. The van der Waals surface area contributed by atoms with Crippen molar-refractivity contribution in [2.24, 2.45) is 5.92 Å². The molecule has 29 heavy (non-hydrogen) atoms. The monoisotopic (exact) mass is 411 g/mol. The maximum atomic E-state index is 6.57. The third-order valence-electron chi connectivity index (χ3n) is 5.98. The third kappa shape index (κ3) is 4.76. The van der Waals surface area contributed by atoms with E-state index in [2.05, 4.69) is 42.9 Å². The summed E-state index contributed by atoms with van der Waals surface area (Å²) in [4.78, 5) is 10.6. The van der Waals surface area contributed by atoms with Gasteiger partial charge in [-0.25, -0.2) is 4.98 Å². The summed E-state index contributed by atoms with van der Waals surface area (Å²) in [6, 6.07) is 10.2. The summed E-state index contributed by atoms with van der Waals surface area (Å²) < 4.78 is 5.96. The smallest absolute Gasteiger partial charge is 0.140 e. The highest BCUT2D eigenvalue weighted by Gasteiger charge is 2.16. The van der Waals surface area contributed by atoms with E-state index in [9.17, 15) is 0 Å². The van der Waals surface area contributed by atoms with E-state index >= 15 is 0 Å². The normalized spacial score (nSPS) is 15.9. The lowest BCUT2D eigenvalue weighted by Gasteiger charge is -2.28. The molecule has 1 fully saturated rings. The molecule has 0 unspecified atom stereocenters. The molecule has 5 heteroatoms. The van der Waals surface area contributed by atoms with Crippen LogP contribution < -0.4 is 4.74 Å². The number of H-pyrrole nitrogens is 1. The van der Waals surface area contributed by atoms with Crippen LogP contribution in [0.4, 0.5) is 0 Å². The van der Waals surface area contributed by atoms with Crippen molar-refractivity contribution in [1.29, 1.82) is 0 Å². The number of aromatic amines is 1. The molecule has 3 aromatic rings. The first-order valence-corrected chi connectivity index (χ1v) is 11.0. The molecule has 1 aliphatic rings. The SMILES string of the molecule is Cc1cc(C)c2nc(-c3ccc(OCCCC4CCN(C)CC4)cc3Cl)[nH]c2c1. The number of aryl methyl sites for hydroxylation is 2. The quantitative estimate of drug-likeness (QED) is 0.505. The molecule has 4 nitrogen and oxygen atoms in total. The predicted octanol–water partition coefficient (Wildman–Crippen LogP) is 6.00. The zero-order valence-corrected chi connectivity index (χ0v) is 18.4. The number of ether oxygens (including phenoxy) is 1. The minimum Gasteiger partial charge on any atom is -0.494 e. The van der Waals surface area contributed by atoms with Gasteiger partial charge >= 0.3 is 0 Å². The van der Waals surface area contributed by atoms with Crippen LogP contribution in [0.5, 0.6) is 5.75 Å². The first kappa shape index (κ1) is 20.2. The van der Waals surface area contributed by atoms with Crippen LogP contribution in [0.2, 0.25) is 5.02 Å². The van der Waals surface area contributed by atoms with Crippen molar-refractivity contribution in [3.05, 3.63) is 46.5 Å². The lowest BCUT2D eigenvalue weighted by molar-refractivity contribution is 0.200. The zero-order chi connectivity index (χ0) is 20.4. The first-order chi connectivity index (χ1) is 14.0. The van der Waals surface area contributed by atoms with Crippen molar-refractivity contribution in [2.75, 3.05) is 26.7 Å². The Labute approximate surface area is 178 Å². The number of imidazole rings is 1. The van der Waals surface area contributed by atoms with E-state index in [0.29, 0.717) is 5.02 Å². The van der Waals surface area contributed by atoms with E-state index in [0.717, 1.165) is 47.1 Å². The number of likely N-dealkylation sites (tertiary alicyclic amines) is 1. The van der Waals surface area contributed by atoms with Crippen molar-refractivity contribution in [2.45, 2.75) is 39.5 Å². The highest BCUT2D eigenvalue weighted by Crippen LogP contribution is 2.32. The van der Waals surface area contributed by atoms with E-state index < -0.39 is 0 Å². The Morgan fingerprint density at radius 3 is 2.72 bits per heavy atom. The van der Waals surface area contributed by atoms with E-state index in [1.807, 2.05) is 18.2 Å². The predicted molar refractivity (Wildman–Crippen MR) is 121 cm³/mol. The van der Waals surface area contributed by atoms with Gasteiger partial charge in [-0.1, -0.05) is 17.7 Å². The first-order valence-electron chi connectivity index (χ1n) is 10.6. The second-order valence-corrected chi connectivity index (χ2v) is 8.85. The molecule has 0 aliphatic carbocycles. The van der Waals surface area contributed by atoms with Gasteiger partial charge in [-0.15, -0.1) is 0 Å². The molecular formula is C24H30ClN3O. The number of piperidine rings is 1. The molecule has 1 aromatic heterocycles. The van der Waals surface area contributed by atoms with Crippen LogP contribution in [0.25, 0.3) is 22.4 Å². The lowest BCUT2D eigenvalue weighted by Crippen LogP contribution is -2.30. The number of hydrogen-bond acceptors (Lipinski definition) is 3. The van der Waals surface area contributed by atoms with Crippen molar-refractivity contribution in [3.8, 4) is 17.1 Å². The fourth-order valence-corrected chi connectivity index (χ4v) is 4.55. The van der Waals surface area contributed by atoms with Crippen LogP contribution in [0.15, 0.2) is 30.3 Å². The van der Waals surface area contributed by atoms with Gasteiger partial charge in [-0.2, -0.15) is 0 Å². The third-order valence-corrected chi connectivity index (χ3v) is 6.29. The molecule has 4 rings (SSSR count). The van der Waals surface area contributed by atoms with Gasteiger partial charge in [0.05, 0.1) is 22.7 Å². The molecular weight excluding hydrogens is 382 g/mol. The molecule has 0 atom stereocenters. The number of aromatic nitrogens is 2. The molecule has 1 N–H and O–H groups in total. The fraction of sp³-hybridized carbons (Fsp3) is 0.458. The number of rotatable bonds is 6. The van der Waals surface area contributed by atoms with Crippen molar-refractivity contribution in [1.82, 2.24) is 14.9 Å². The summed E-state index contributed by atoms with van der Waals surface area (Å²) in [7, 11) is 2.21.